The van der Waals surface area contributed by atoms with Gasteiger partial charge in [0.05, 0.1) is 35.5 Å². The van der Waals surface area contributed by atoms with E-state index in [1.807, 2.05) is 0 Å². The summed E-state index contributed by atoms with van der Waals surface area (Å²) in [5.74, 6) is 0.110. The number of hydrogen-bond acceptors (Lipinski definition) is 3. The van der Waals surface area contributed by atoms with Gasteiger partial charge in [0.25, 0.3) is 0 Å². The number of carbonyl (C=O) groups excluding carboxylic acids is 1. The van der Waals surface area contributed by atoms with Gasteiger partial charge in [-0.15, -0.1) is 0 Å². The number of rotatable bonds is 4. The molecule has 0 fully saturated rings. The zero-order chi connectivity index (χ0) is 18.9. The average molecular weight is 384 g/mol. The summed E-state index contributed by atoms with van der Waals surface area (Å²) < 4.78 is 44.9. The first-order valence-electron chi connectivity index (χ1n) is 7.45. The fraction of sp³-hybridized carbons (Fsp3) is 0.176. The van der Waals surface area contributed by atoms with Crippen molar-refractivity contribution in [2.24, 2.45) is 0 Å². The summed E-state index contributed by atoms with van der Waals surface area (Å²) in [5, 5.41) is 2.54. The molecule has 9 heteroatoms. The number of fused-ring (bicyclic) bond motifs is 1. The molecule has 0 aliphatic rings. The van der Waals surface area contributed by atoms with E-state index in [0.29, 0.717) is 17.1 Å². The van der Waals surface area contributed by atoms with E-state index >= 15 is 0 Å². The van der Waals surface area contributed by atoms with Crippen LogP contribution in [0.25, 0.3) is 5.65 Å². The molecule has 0 spiro atoms. The van der Waals surface area contributed by atoms with E-state index < -0.39 is 11.7 Å². The van der Waals surface area contributed by atoms with Gasteiger partial charge in [-0.2, -0.15) is 13.2 Å². The van der Waals surface area contributed by atoms with Gasteiger partial charge in [0.15, 0.2) is 5.65 Å². The van der Waals surface area contributed by atoms with Gasteiger partial charge >= 0.3 is 6.18 Å². The molecular weight excluding hydrogens is 371 g/mol. The largest absolute Gasteiger partial charge is 0.495 e. The lowest BCUT2D eigenvalue weighted by molar-refractivity contribution is -0.137. The van der Waals surface area contributed by atoms with Crippen molar-refractivity contribution >= 4 is 28.8 Å². The van der Waals surface area contributed by atoms with Crippen molar-refractivity contribution in [3.8, 4) is 5.75 Å². The Balaban J connectivity index is 1.83. The number of imidazole rings is 1. The molecule has 0 unspecified atom stereocenters. The Hall–Kier alpha value is -2.74. The molecule has 3 aromatic rings. The summed E-state index contributed by atoms with van der Waals surface area (Å²) in [4.78, 5) is 16.3. The van der Waals surface area contributed by atoms with E-state index in [9.17, 15) is 18.0 Å². The first-order valence-corrected chi connectivity index (χ1v) is 7.83. The number of pyridine rings is 1. The quantitative estimate of drug-likeness (QED) is 0.734. The highest BCUT2D eigenvalue weighted by molar-refractivity contribution is 6.33. The van der Waals surface area contributed by atoms with Crippen molar-refractivity contribution in [2.45, 2.75) is 12.6 Å². The second-order valence-corrected chi connectivity index (χ2v) is 5.87. The van der Waals surface area contributed by atoms with Gasteiger partial charge in [0.2, 0.25) is 5.91 Å². The van der Waals surface area contributed by atoms with E-state index in [1.165, 1.54) is 13.3 Å². The zero-order valence-corrected chi connectivity index (χ0v) is 14.2. The molecule has 1 aromatic carbocycles. The molecule has 1 amide bonds. The normalized spacial score (nSPS) is 11.6. The fourth-order valence-corrected chi connectivity index (χ4v) is 2.71. The van der Waals surface area contributed by atoms with Crippen LogP contribution in [0.15, 0.2) is 42.7 Å². The smallest absolute Gasteiger partial charge is 0.417 e. The molecule has 0 aliphatic heterocycles. The first kappa shape index (κ1) is 18.1. The van der Waals surface area contributed by atoms with Gasteiger partial charge in [0.1, 0.15) is 5.75 Å². The summed E-state index contributed by atoms with van der Waals surface area (Å²) in [6.45, 7) is 0. The van der Waals surface area contributed by atoms with Crippen molar-refractivity contribution in [2.75, 3.05) is 12.4 Å². The van der Waals surface area contributed by atoms with Crippen LogP contribution in [-0.4, -0.2) is 22.4 Å². The number of hydrogen-bond donors (Lipinski definition) is 1. The highest BCUT2D eigenvalue weighted by Gasteiger charge is 2.32. The number of amides is 1. The highest BCUT2D eigenvalue weighted by Crippen LogP contribution is 2.32. The molecule has 3 rings (SSSR count). The van der Waals surface area contributed by atoms with E-state index in [1.54, 1.807) is 24.3 Å². The van der Waals surface area contributed by atoms with Crippen LogP contribution in [0.1, 0.15) is 11.3 Å². The lowest BCUT2D eigenvalue weighted by Crippen LogP contribution is -2.15. The zero-order valence-electron chi connectivity index (χ0n) is 13.5. The Morgan fingerprint density at radius 2 is 2.04 bits per heavy atom. The molecule has 0 saturated carbocycles. The van der Waals surface area contributed by atoms with Crippen LogP contribution in [0, 0.1) is 0 Å². The first-order chi connectivity index (χ1) is 12.3. The van der Waals surface area contributed by atoms with Crippen LogP contribution < -0.4 is 10.1 Å². The number of anilines is 1. The molecule has 2 heterocycles. The minimum absolute atomic E-state index is 0.128. The lowest BCUT2D eigenvalue weighted by atomic mass is 10.2. The van der Waals surface area contributed by atoms with Gasteiger partial charge in [-0.3, -0.25) is 4.79 Å². The van der Waals surface area contributed by atoms with Crippen molar-refractivity contribution < 1.29 is 22.7 Å². The van der Waals surface area contributed by atoms with Crippen LogP contribution in [0.2, 0.25) is 5.02 Å². The van der Waals surface area contributed by atoms with Gasteiger partial charge in [-0.25, -0.2) is 4.98 Å². The number of nitrogens with zero attached hydrogens (tertiary/aromatic N) is 2. The molecule has 2 aromatic heterocycles. The number of ether oxygens (including phenoxy) is 1. The maximum absolute atomic E-state index is 12.9. The highest BCUT2D eigenvalue weighted by atomic mass is 35.5. The SMILES string of the molecule is COc1ccccc1NC(=O)Cc1cn2cc(C(F)(F)F)cc(Cl)c2n1. The molecule has 0 atom stereocenters. The second-order valence-electron chi connectivity index (χ2n) is 5.46. The van der Waals surface area contributed by atoms with Crippen LogP contribution in [0.5, 0.6) is 5.75 Å². The van der Waals surface area contributed by atoms with Crippen LogP contribution in [0.4, 0.5) is 18.9 Å². The number of aromatic nitrogens is 2. The monoisotopic (exact) mass is 383 g/mol. The third kappa shape index (κ3) is 3.75. The molecular formula is C17H13ClF3N3O2. The number of carbonyl (C=O) groups is 1. The Labute approximate surface area is 151 Å². The van der Waals surface area contributed by atoms with Crippen LogP contribution in [0.3, 0.4) is 0 Å². The fourth-order valence-electron chi connectivity index (χ4n) is 2.45. The van der Waals surface area contributed by atoms with Gasteiger partial charge in [0, 0.05) is 12.4 Å². The van der Waals surface area contributed by atoms with Crippen molar-refractivity contribution in [1.82, 2.24) is 9.38 Å². The maximum atomic E-state index is 12.9. The second kappa shape index (κ2) is 6.87. The number of halogens is 4. The Kier molecular flexibility index (Phi) is 4.78. The van der Waals surface area contributed by atoms with Crippen molar-refractivity contribution in [3.05, 3.63) is 59.0 Å². The Morgan fingerprint density at radius 1 is 1.31 bits per heavy atom. The van der Waals surface area contributed by atoms with Gasteiger partial charge in [-0.05, 0) is 18.2 Å². The number of para-hydroxylation sites is 2. The predicted molar refractivity (Wildman–Crippen MR) is 90.5 cm³/mol. The molecule has 26 heavy (non-hydrogen) atoms. The minimum atomic E-state index is -4.52. The molecule has 0 radical (unpaired) electrons. The summed E-state index contributed by atoms with van der Waals surface area (Å²) >= 11 is 5.89. The predicted octanol–water partition coefficient (Wildman–Crippen LogP) is 4.20. The van der Waals surface area contributed by atoms with Crippen molar-refractivity contribution in [1.29, 1.82) is 0 Å². The summed E-state index contributed by atoms with van der Waals surface area (Å²) in [6.07, 6.45) is -2.42. The molecule has 0 aliphatic carbocycles. The lowest BCUT2D eigenvalue weighted by Gasteiger charge is -2.08. The van der Waals surface area contributed by atoms with E-state index in [4.69, 9.17) is 16.3 Å². The average Bonchev–Trinajstić information content (AvgIpc) is 2.97. The molecule has 0 bridgehead atoms. The number of alkyl halides is 3. The summed E-state index contributed by atoms with van der Waals surface area (Å²) in [5.41, 5.74) is 0.0389. The summed E-state index contributed by atoms with van der Waals surface area (Å²) in [7, 11) is 1.48. The standard InChI is InChI=1S/C17H13ClF3N3O2/c1-26-14-5-3-2-4-13(14)23-15(25)7-11-9-24-8-10(17(19,20)21)6-12(18)16(24)22-11/h2-6,8-9H,7H2,1H3,(H,23,25). The van der Waals surface area contributed by atoms with E-state index in [0.717, 1.165) is 16.7 Å². The topological polar surface area (TPSA) is 55.6 Å². The van der Waals surface area contributed by atoms with Crippen LogP contribution in [-0.2, 0) is 17.4 Å². The Morgan fingerprint density at radius 3 is 2.73 bits per heavy atom. The number of benzene rings is 1. The van der Waals surface area contributed by atoms with E-state index in [-0.39, 0.29) is 23.0 Å². The molecule has 136 valence electrons. The number of methoxy groups -OCH3 is 1. The molecule has 1 N–H and O–H groups in total. The minimum Gasteiger partial charge on any atom is -0.495 e. The Bertz CT molecular complexity index is 970. The third-order valence-corrected chi connectivity index (χ3v) is 3.88. The van der Waals surface area contributed by atoms with Crippen LogP contribution >= 0.6 is 11.6 Å². The van der Waals surface area contributed by atoms with E-state index in [2.05, 4.69) is 10.3 Å². The third-order valence-electron chi connectivity index (χ3n) is 3.61. The van der Waals surface area contributed by atoms with Gasteiger partial charge < -0.3 is 14.5 Å². The van der Waals surface area contributed by atoms with Crippen molar-refractivity contribution in [3.63, 3.8) is 0 Å². The summed E-state index contributed by atoms with van der Waals surface area (Å²) in [6, 6.07) is 7.67. The molecule has 0 saturated heterocycles. The number of nitrogens with one attached hydrogen (secondary N) is 1. The molecule has 5 nitrogen and oxygen atoms in total. The van der Waals surface area contributed by atoms with Gasteiger partial charge in [-0.1, -0.05) is 23.7 Å². The maximum Gasteiger partial charge on any atom is 0.417 e.